The fourth-order valence-electron chi connectivity index (χ4n) is 6.74. The highest BCUT2D eigenvalue weighted by Crippen LogP contribution is 2.48. The average molecular weight is 566 g/mol. The van der Waals surface area contributed by atoms with Crippen LogP contribution >= 0.6 is 11.6 Å². The van der Waals surface area contributed by atoms with Crippen LogP contribution in [0.15, 0.2) is 85.6 Å². The Bertz CT molecular complexity index is 1480. The molecular weight excluding hydrogens is 522 g/mol. The molecule has 0 bridgehead atoms. The van der Waals surface area contributed by atoms with Gasteiger partial charge in [0.15, 0.2) is 0 Å². The molecule has 2 unspecified atom stereocenters. The highest BCUT2D eigenvalue weighted by molar-refractivity contribution is 6.33. The van der Waals surface area contributed by atoms with Gasteiger partial charge < -0.3 is 10.6 Å². The Balaban J connectivity index is 1.52. The number of rotatable bonds is 11. The normalized spacial score (nSPS) is 17.0. The summed E-state index contributed by atoms with van der Waals surface area (Å²) in [5, 5.41) is 1.94. The summed E-state index contributed by atoms with van der Waals surface area (Å²) in [5.41, 5.74) is 13.8. The van der Waals surface area contributed by atoms with E-state index in [-0.39, 0.29) is 5.41 Å². The second-order valence-electron chi connectivity index (χ2n) is 11.9. The number of pyridine rings is 1. The lowest BCUT2D eigenvalue weighted by atomic mass is 9.64. The van der Waals surface area contributed by atoms with Crippen LogP contribution in [-0.4, -0.2) is 23.0 Å². The molecule has 1 saturated heterocycles. The maximum absolute atomic E-state index is 7.07. The molecule has 214 valence electrons. The molecule has 0 radical (unpaired) electrons. The number of fused-ring (bicyclic) bond motifs is 1. The maximum atomic E-state index is 7.07. The van der Waals surface area contributed by atoms with Gasteiger partial charge in [0.1, 0.15) is 0 Å². The first kappa shape index (κ1) is 29.4. The first-order valence-corrected chi connectivity index (χ1v) is 15.7. The fraction of sp³-hybridized carbons (Fsp3) is 0.378. The number of hydrogen-bond donors (Lipinski definition) is 1. The summed E-state index contributed by atoms with van der Waals surface area (Å²) in [5.74, 6) is 0.476. The number of halogens is 1. The minimum atomic E-state index is -0.0397. The summed E-state index contributed by atoms with van der Waals surface area (Å²) in [7, 11) is 0. The summed E-state index contributed by atoms with van der Waals surface area (Å²) in [4.78, 5) is 7.33. The Kier molecular flexibility index (Phi) is 9.47. The molecule has 41 heavy (non-hydrogen) atoms. The summed E-state index contributed by atoms with van der Waals surface area (Å²) in [6, 6.07) is 25.6. The van der Waals surface area contributed by atoms with Crippen LogP contribution in [0.5, 0.6) is 0 Å². The zero-order valence-electron chi connectivity index (χ0n) is 24.7. The van der Waals surface area contributed by atoms with E-state index >= 15 is 0 Å². The van der Waals surface area contributed by atoms with Gasteiger partial charge in [-0.3, -0.25) is 4.98 Å². The second kappa shape index (κ2) is 13.2. The van der Waals surface area contributed by atoms with E-state index in [0.717, 1.165) is 64.2 Å². The third-order valence-corrected chi connectivity index (χ3v) is 9.60. The van der Waals surface area contributed by atoms with Gasteiger partial charge in [-0.2, -0.15) is 0 Å². The van der Waals surface area contributed by atoms with Gasteiger partial charge in [0.05, 0.1) is 5.52 Å². The van der Waals surface area contributed by atoms with Gasteiger partial charge >= 0.3 is 0 Å². The molecule has 0 amide bonds. The summed E-state index contributed by atoms with van der Waals surface area (Å²) in [6.45, 7) is 11.9. The third-order valence-electron chi connectivity index (χ3n) is 9.28. The lowest BCUT2D eigenvalue weighted by Crippen LogP contribution is -2.44. The van der Waals surface area contributed by atoms with Crippen LogP contribution in [0.4, 0.5) is 0 Å². The molecule has 2 N–H and O–H groups in total. The van der Waals surface area contributed by atoms with Gasteiger partial charge in [-0.1, -0.05) is 112 Å². The summed E-state index contributed by atoms with van der Waals surface area (Å²) < 4.78 is 0. The molecule has 4 aromatic rings. The van der Waals surface area contributed by atoms with Crippen molar-refractivity contribution in [1.29, 1.82) is 0 Å². The number of likely N-dealkylation sites (tertiary alicyclic amines) is 1. The highest BCUT2D eigenvalue weighted by atomic mass is 35.5. The van der Waals surface area contributed by atoms with Gasteiger partial charge in [0, 0.05) is 53.1 Å². The van der Waals surface area contributed by atoms with E-state index in [9.17, 15) is 0 Å². The number of nitrogens with zero attached hydrogens (tertiary/aromatic N) is 2. The minimum Gasteiger partial charge on any atom is -0.371 e. The molecule has 1 aliphatic rings. The van der Waals surface area contributed by atoms with E-state index < -0.39 is 0 Å². The van der Waals surface area contributed by atoms with Gasteiger partial charge in [0.2, 0.25) is 0 Å². The van der Waals surface area contributed by atoms with E-state index in [1.165, 1.54) is 43.2 Å². The largest absolute Gasteiger partial charge is 0.371 e. The Morgan fingerprint density at radius 1 is 1.05 bits per heavy atom. The van der Waals surface area contributed by atoms with Crippen LogP contribution in [0.1, 0.15) is 75.5 Å². The number of hydrogen-bond acceptors (Lipinski definition) is 3. The maximum Gasteiger partial charge on any atom is 0.0702 e. The fourth-order valence-corrected chi connectivity index (χ4v) is 7.02. The first-order valence-electron chi connectivity index (χ1n) is 15.3. The van der Waals surface area contributed by atoms with Gasteiger partial charge in [0.25, 0.3) is 0 Å². The molecule has 1 aromatic heterocycles. The Morgan fingerprint density at radius 2 is 1.85 bits per heavy atom. The van der Waals surface area contributed by atoms with Crippen LogP contribution < -0.4 is 5.73 Å². The summed E-state index contributed by atoms with van der Waals surface area (Å²) in [6.07, 6.45) is 10.5. The molecule has 0 aliphatic carbocycles. The van der Waals surface area contributed by atoms with Gasteiger partial charge in [-0.15, -0.1) is 0 Å². The summed E-state index contributed by atoms with van der Waals surface area (Å²) >= 11 is 7.07. The van der Waals surface area contributed by atoms with E-state index in [4.69, 9.17) is 22.3 Å². The monoisotopic (exact) mass is 565 g/mol. The number of piperidine rings is 1. The van der Waals surface area contributed by atoms with Crippen molar-refractivity contribution in [3.05, 3.63) is 107 Å². The molecule has 0 saturated carbocycles. The molecule has 3 nitrogen and oxygen atoms in total. The number of aromatic nitrogens is 1. The molecule has 1 aliphatic heterocycles. The van der Waals surface area contributed by atoms with Gasteiger partial charge in [-0.05, 0) is 65.5 Å². The molecule has 4 heteroatoms. The zero-order valence-corrected chi connectivity index (χ0v) is 25.5. The van der Waals surface area contributed by atoms with Crippen molar-refractivity contribution in [3.8, 4) is 11.1 Å². The van der Waals surface area contributed by atoms with Crippen LogP contribution in [0.3, 0.4) is 0 Å². The lowest BCUT2D eigenvalue weighted by Gasteiger charge is -2.46. The van der Waals surface area contributed by atoms with Crippen LogP contribution in [0, 0.1) is 5.92 Å². The van der Waals surface area contributed by atoms with E-state index in [2.05, 4.69) is 86.0 Å². The van der Waals surface area contributed by atoms with Crippen molar-refractivity contribution in [2.75, 3.05) is 13.1 Å². The van der Waals surface area contributed by atoms with Crippen LogP contribution in [0.25, 0.3) is 27.7 Å². The van der Waals surface area contributed by atoms with Crippen molar-refractivity contribution in [3.63, 3.8) is 0 Å². The molecule has 2 heterocycles. The first-order chi connectivity index (χ1) is 19.9. The zero-order chi connectivity index (χ0) is 28.8. The predicted octanol–water partition coefficient (Wildman–Crippen LogP) is 9.62. The SMILES string of the molecule is C=C(c1ccc(CN)cc1)N1CCCC(C(C)(CCCCCC)c2cccc(Cl)c2-c2cnc3ccccc3c2)C1. The van der Waals surface area contributed by atoms with Crippen molar-refractivity contribution < 1.29 is 0 Å². The van der Waals surface area contributed by atoms with Crippen LogP contribution in [-0.2, 0) is 12.0 Å². The predicted molar refractivity (Wildman–Crippen MR) is 176 cm³/mol. The standard InChI is InChI=1S/C37H44ClN3/c1-4-5-6-9-21-37(3,32-13-11-22-41(26-32)27(2)29-19-17-28(24-39)18-20-29)33-14-10-15-34(38)36(33)31-23-30-12-7-8-16-35(30)40-25-31/h7-8,10,12,14-20,23,25,32H,2,4-6,9,11,13,21-22,24,26,39H2,1,3H3. The number of para-hydroxylation sites is 1. The van der Waals surface area contributed by atoms with Crippen molar-refractivity contribution in [1.82, 2.24) is 9.88 Å². The van der Waals surface area contributed by atoms with Crippen molar-refractivity contribution in [2.24, 2.45) is 11.7 Å². The molecule has 1 fully saturated rings. The second-order valence-corrected chi connectivity index (χ2v) is 12.3. The smallest absolute Gasteiger partial charge is 0.0702 e. The highest BCUT2D eigenvalue weighted by Gasteiger charge is 2.40. The lowest BCUT2D eigenvalue weighted by molar-refractivity contribution is 0.155. The van der Waals surface area contributed by atoms with Gasteiger partial charge in [-0.25, -0.2) is 0 Å². The van der Waals surface area contributed by atoms with Crippen molar-refractivity contribution in [2.45, 2.75) is 70.8 Å². The third kappa shape index (κ3) is 6.37. The van der Waals surface area contributed by atoms with E-state index in [1.54, 1.807) is 0 Å². The quantitative estimate of drug-likeness (QED) is 0.184. The Labute approximate surface area is 251 Å². The Hall–Kier alpha value is -3.14. The average Bonchev–Trinajstić information content (AvgIpc) is 3.02. The molecule has 3 aromatic carbocycles. The molecule has 2 atom stereocenters. The number of unbranched alkanes of at least 4 members (excludes halogenated alkanes) is 3. The van der Waals surface area contributed by atoms with E-state index in [0.29, 0.717) is 12.5 Å². The number of benzene rings is 3. The molecular formula is C37H44ClN3. The number of nitrogens with two attached hydrogens (primary N) is 1. The minimum absolute atomic E-state index is 0.0397. The Morgan fingerprint density at radius 3 is 2.63 bits per heavy atom. The molecule has 5 rings (SSSR count). The van der Waals surface area contributed by atoms with Crippen molar-refractivity contribution >= 4 is 28.2 Å². The van der Waals surface area contributed by atoms with E-state index in [1.807, 2.05) is 18.3 Å². The molecule has 0 spiro atoms. The topological polar surface area (TPSA) is 42.1 Å². The van der Waals surface area contributed by atoms with Crippen LogP contribution in [0.2, 0.25) is 5.02 Å².